The van der Waals surface area contributed by atoms with Crippen molar-refractivity contribution < 1.29 is 14.6 Å². The minimum absolute atomic E-state index is 0.0478. The second kappa shape index (κ2) is 8.90. The van der Waals surface area contributed by atoms with Crippen molar-refractivity contribution in [3.05, 3.63) is 82.1 Å². The van der Waals surface area contributed by atoms with Gasteiger partial charge in [-0.2, -0.15) is 5.10 Å². The molecule has 2 aromatic carbocycles. The van der Waals surface area contributed by atoms with Gasteiger partial charge in [-0.15, -0.1) is 0 Å². The van der Waals surface area contributed by atoms with Gasteiger partial charge in [-0.05, 0) is 43.0 Å². The van der Waals surface area contributed by atoms with E-state index < -0.39 is 6.10 Å². The summed E-state index contributed by atoms with van der Waals surface area (Å²) in [6.07, 6.45) is 4.12. The van der Waals surface area contributed by atoms with Crippen molar-refractivity contribution in [1.29, 1.82) is 0 Å². The Balaban J connectivity index is 1.53. The number of ether oxygens (including phenoxy) is 2. The fourth-order valence-electron chi connectivity index (χ4n) is 3.35. The monoisotopic (exact) mass is 442 g/mol. The second-order valence-corrected chi connectivity index (χ2v) is 7.82. The van der Waals surface area contributed by atoms with E-state index in [4.69, 9.17) is 9.47 Å². The Morgan fingerprint density at radius 3 is 2.82 bits per heavy atom. The fourth-order valence-corrected chi connectivity index (χ4v) is 3.69. The molecule has 1 aromatic heterocycles. The van der Waals surface area contributed by atoms with Gasteiger partial charge in [0.2, 0.25) is 0 Å². The van der Waals surface area contributed by atoms with E-state index in [1.807, 2.05) is 60.8 Å². The molecule has 2 atom stereocenters. The number of hydrogen-bond acceptors (Lipinski definition) is 4. The molecule has 3 aromatic rings. The number of hydrogen-bond donors (Lipinski definition) is 1. The highest BCUT2D eigenvalue weighted by Crippen LogP contribution is 2.33. The smallest absolute Gasteiger partial charge is 0.150 e. The molecule has 28 heavy (non-hydrogen) atoms. The maximum Gasteiger partial charge on any atom is 0.150 e. The third-order valence-corrected chi connectivity index (χ3v) is 5.36. The van der Waals surface area contributed by atoms with Crippen molar-refractivity contribution in [3.8, 4) is 5.75 Å². The Morgan fingerprint density at radius 2 is 2.04 bits per heavy atom. The minimum Gasteiger partial charge on any atom is -0.488 e. The summed E-state index contributed by atoms with van der Waals surface area (Å²) in [5, 5.41) is 15.5. The van der Waals surface area contributed by atoms with Crippen molar-refractivity contribution in [3.63, 3.8) is 0 Å². The average Bonchev–Trinajstić information content (AvgIpc) is 3.24. The average molecular weight is 443 g/mol. The standard InChI is InChI=1S/C22H23BrN2O3/c23-17-9-10-18(20(14-17)28-15-16-6-2-1-3-7-16)22(26)19-11-12-25(24-19)21-8-4-5-13-27-21/h1-3,6-7,9-12,14,21-22,26H,4-5,8,13,15H2. The predicted molar refractivity (Wildman–Crippen MR) is 110 cm³/mol. The topological polar surface area (TPSA) is 56.5 Å². The normalized spacial score (nSPS) is 18.0. The molecule has 1 N–H and O–H groups in total. The number of nitrogens with zero attached hydrogens (tertiary/aromatic N) is 2. The molecule has 0 bridgehead atoms. The molecule has 5 nitrogen and oxygen atoms in total. The van der Waals surface area contributed by atoms with Crippen LogP contribution >= 0.6 is 15.9 Å². The lowest BCUT2D eigenvalue weighted by atomic mass is 10.1. The molecule has 0 radical (unpaired) electrons. The number of aliphatic hydroxyl groups excluding tert-OH is 1. The molecule has 1 aliphatic rings. The maximum absolute atomic E-state index is 11.0. The van der Waals surface area contributed by atoms with Gasteiger partial charge < -0.3 is 14.6 Å². The molecular formula is C22H23BrN2O3. The van der Waals surface area contributed by atoms with Gasteiger partial charge in [0.25, 0.3) is 0 Å². The first-order valence-corrected chi connectivity index (χ1v) is 10.3. The highest BCUT2D eigenvalue weighted by Gasteiger charge is 2.22. The Hall–Kier alpha value is -2.15. The molecule has 146 valence electrons. The van der Waals surface area contributed by atoms with E-state index in [2.05, 4.69) is 21.0 Å². The summed E-state index contributed by atoms with van der Waals surface area (Å²) < 4.78 is 14.5. The molecule has 0 amide bonds. The fraction of sp³-hybridized carbons (Fsp3) is 0.318. The summed E-state index contributed by atoms with van der Waals surface area (Å²) in [5.74, 6) is 0.634. The van der Waals surface area contributed by atoms with E-state index in [1.54, 1.807) is 4.68 Å². The maximum atomic E-state index is 11.0. The van der Waals surface area contributed by atoms with Gasteiger partial charge in [0, 0.05) is 22.8 Å². The highest BCUT2D eigenvalue weighted by atomic mass is 79.9. The van der Waals surface area contributed by atoms with Crippen LogP contribution in [0.5, 0.6) is 5.75 Å². The lowest BCUT2D eigenvalue weighted by molar-refractivity contribution is -0.0399. The number of aliphatic hydroxyl groups is 1. The van der Waals surface area contributed by atoms with E-state index >= 15 is 0 Å². The summed E-state index contributed by atoms with van der Waals surface area (Å²) in [6.45, 7) is 1.19. The largest absolute Gasteiger partial charge is 0.488 e. The van der Waals surface area contributed by atoms with Gasteiger partial charge >= 0.3 is 0 Å². The van der Waals surface area contributed by atoms with Crippen LogP contribution in [0, 0.1) is 0 Å². The van der Waals surface area contributed by atoms with Crippen LogP contribution < -0.4 is 4.74 Å². The SMILES string of the molecule is OC(c1ccn(C2CCCCO2)n1)c1ccc(Br)cc1OCc1ccccc1. The first-order valence-electron chi connectivity index (χ1n) is 9.51. The van der Waals surface area contributed by atoms with Gasteiger partial charge in [0.15, 0.2) is 0 Å². The van der Waals surface area contributed by atoms with Crippen molar-refractivity contribution in [2.45, 2.75) is 38.2 Å². The number of benzene rings is 2. The van der Waals surface area contributed by atoms with E-state index in [0.29, 0.717) is 23.6 Å². The third kappa shape index (κ3) is 4.46. The van der Waals surface area contributed by atoms with E-state index in [0.717, 1.165) is 35.9 Å². The van der Waals surface area contributed by atoms with Gasteiger partial charge in [0.1, 0.15) is 24.7 Å². The second-order valence-electron chi connectivity index (χ2n) is 6.90. The molecule has 2 heterocycles. The number of rotatable bonds is 6. The lowest BCUT2D eigenvalue weighted by Crippen LogP contribution is -2.19. The van der Waals surface area contributed by atoms with Crippen molar-refractivity contribution in [2.24, 2.45) is 0 Å². The zero-order chi connectivity index (χ0) is 19.3. The van der Waals surface area contributed by atoms with E-state index in [9.17, 15) is 5.11 Å². The molecule has 2 unspecified atom stereocenters. The summed E-state index contributed by atoms with van der Waals surface area (Å²) in [6, 6.07) is 17.4. The quantitative estimate of drug-likeness (QED) is 0.582. The summed E-state index contributed by atoms with van der Waals surface area (Å²) >= 11 is 3.49. The van der Waals surface area contributed by atoms with Gasteiger partial charge in [-0.25, -0.2) is 4.68 Å². The van der Waals surface area contributed by atoms with Crippen molar-refractivity contribution in [1.82, 2.24) is 9.78 Å². The van der Waals surface area contributed by atoms with E-state index in [-0.39, 0.29) is 6.23 Å². The Bertz CT molecular complexity index is 907. The zero-order valence-electron chi connectivity index (χ0n) is 15.5. The number of halogens is 1. The van der Waals surface area contributed by atoms with Crippen LogP contribution in [-0.2, 0) is 11.3 Å². The molecule has 6 heteroatoms. The zero-order valence-corrected chi connectivity index (χ0v) is 17.1. The van der Waals surface area contributed by atoms with Crippen molar-refractivity contribution in [2.75, 3.05) is 6.61 Å². The predicted octanol–water partition coefficient (Wildman–Crippen LogP) is 5.01. The highest BCUT2D eigenvalue weighted by molar-refractivity contribution is 9.10. The molecule has 4 rings (SSSR count). The summed E-state index contributed by atoms with van der Waals surface area (Å²) in [4.78, 5) is 0. The summed E-state index contributed by atoms with van der Waals surface area (Å²) in [7, 11) is 0. The molecule has 0 saturated carbocycles. The summed E-state index contributed by atoms with van der Waals surface area (Å²) in [5.41, 5.74) is 2.34. The molecule has 1 fully saturated rings. The number of aromatic nitrogens is 2. The van der Waals surface area contributed by atoms with E-state index in [1.165, 1.54) is 0 Å². The molecule has 1 aliphatic heterocycles. The van der Waals surface area contributed by atoms with Gasteiger partial charge in [-0.1, -0.05) is 52.3 Å². The molecule has 0 aliphatic carbocycles. The van der Waals surface area contributed by atoms with Crippen LogP contribution in [0.1, 0.15) is 48.4 Å². The third-order valence-electron chi connectivity index (χ3n) is 4.87. The van der Waals surface area contributed by atoms with Gasteiger partial charge in [0.05, 0.1) is 5.69 Å². The van der Waals surface area contributed by atoms with Crippen LogP contribution in [0.15, 0.2) is 65.3 Å². The minimum atomic E-state index is -0.872. The van der Waals surface area contributed by atoms with Crippen LogP contribution in [0.4, 0.5) is 0 Å². The van der Waals surface area contributed by atoms with Crippen LogP contribution in [0.2, 0.25) is 0 Å². The Labute approximate surface area is 173 Å². The Kier molecular flexibility index (Phi) is 6.10. The first kappa shape index (κ1) is 19.2. The molecular weight excluding hydrogens is 420 g/mol. The molecule has 0 spiro atoms. The van der Waals surface area contributed by atoms with Gasteiger partial charge in [-0.3, -0.25) is 0 Å². The van der Waals surface area contributed by atoms with Crippen LogP contribution in [0.25, 0.3) is 0 Å². The molecule has 1 saturated heterocycles. The Morgan fingerprint density at radius 1 is 1.18 bits per heavy atom. The van der Waals surface area contributed by atoms with Crippen molar-refractivity contribution >= 4 is 15.9 Å². The van der Waals surface area contributed by atoms with Crippen LogP contribution in [0.3, 0.4) is 0 Å². The lowest BCUT2D eigenvalue weighted by Gasteiger charge is -2.22. The van der Waals surface area contributed by atoms with Crippen LogP contribution in [-0.4, -0.2) is 21.5 Å². The first-order chi connectivity index (χ1) is 13.7.